The highest BCUT2D eigenvalue weighted by Gasteiger charge is 2.11. The maximum absolute atomic E-state index is 12.1. The van der Waals surface area contributed by atoms with E-state index in [2.05, 4.69) is 10.6 Å². The fourth-order valence-electron chi connectivity index (χ4n) is 1.92. The number of Topliss-reactive ketones (excluding diaryl/α,β-unsaturated/α-hetero) is 1. The molecule has 24 heavy (non-hydrogen) atoms. The quantitative estimate of drug-likeness (QED) is 0.614. The third-order valence-electron chi connectivity index (χ3n) is 3.23. The van der Waals surface area contributed by atoms with Gasteiger partial charge in [-0.15, -0.1) is 0 Å². The summed E-state index contributed by atoms with van der Waals surface area (Å²) in [5.74, 6) is -0.484. The lowest BCUT2D eigenvalue weighted by Crippen LogP contribution is -2.33. The third kappa shape index (κ3) is 4.77. The van der Waals surface area contributed by atoms with Crippen molar-refractivity contribution in [3.8, 4) is 0 Å². The van der Waals surface area contributed by atoms with Gasteiger partial charge in [-0.3, -0.25) is 9.59 Å². The summed E-state index contributed by atoms with van der Waals surface area (Å²) in [7, 11) is 0. The van der Waals surface area contributed by atoms with Crippen LogP contribution in [0.3, 0.4) is 0 Å². The number of benzene rings is 2. The highest BCUT2D eigenvalue weighted by Crippen LogP contribution is 2.25. The number of carbonyl (C=O) groups is 2. The summed E-state index contributed by atoms with van der Waals surface area (Å²) in [5.41, 5.74) is 1.87. The van der Waals surface area contributed by atoms with Crippen LogP contribution in [0.15, 0.2) is 42.5 Å². The molecular weight excluding hydrogens is 367 g/mol. The maximum Gasteiger partial charge on any atom is 0.283 e. The van der Waals surface area contributed by atoms with E-state index in [1.54, 1.807) is 42.5 Å². The van der Waals surface area contributed by atoms with Crippen LogP contribution in [0.25, 0.3) is 0 Å². The Morgan fingerprint density at radius 2 is 1.75 bits per heavy atom. The van der Waals surface area contributed by atoms with E-state index in [-0.39, 0.29) is 17.3 Å². The van der Waals surface area contributed by atoms with Gasteiger partial charge in [-0.2, -0.15) is 0 Å². The zero-order valence-corrected chi connectivity index (χ0v) is 15.1. The lowest BCUT2D eigenvalue weighted by atomic mass is 10.1. The van der Waals surface area contributed by atoms with Gasteiger partial charge >= 0.3 is 0 Å². The maximum atomic E-state index is 12.1. The van der Waals surface area contributed by atoms with Crippen LogP contribution in [0.5, 0.6) is 0 Å². The summed E-state index contributed by atoms with van der Waals surface area (Å²) in [6.45, 7) is 1.77. The smallest absolute Gasteiger partial charge is 0.283 e. The Bertz CT molecular complexity index is 792. The van der Waals surface area contributed by atoms with Gasteiger partial charge in [0.1, 0.15) is 0 Å². The summed E-state index contributed by atoms with van der Waals surface area (Å²) < 4.78 is 0. The van der Waals surface area contributed by atoms with Gasteiger partial charge in [-0.05, 0) is 42.8 Å². The minimum atomic E-state index is -0.446. The second-order valence-corrected chi connectivity index (χ2v) is 6.18. The molecule has 0 aliphatic rings. The number of nitrogens with one attached hydrogen (secondary N) is 2. The number of anilines is 1. The number of thiocarbonyl (C=S) groups is 1. The van der Waals surface area contributed by atoms with E-state index in [1.807, 2.05) is 0 Å². The van der Waals surface area contributed by atoms with Crippen LogP contribution < -0.4 is 10.6 Å². The van der Waals surface area contributed by atoms with E-state index < -0.39 is 5.91 Å². The van der Waals surface area contributed by atoms with Crippen molar-refractivity contribution < 1.29 is 9.59 Å². The van der Waals surface area contributed by atoms with E-state index in [0.717, 1.165) is 5.56 Å². The summed E-state index contributed by atoms with van der Waals surface area (Å²) in [4.78, 5) is 23.3. The first-order valence-electron chi connectivity index (χ1n) is 7.01. The lowest BCUT2D eigenvalue weighted by molar-refractivity contribution is -0.110. The number of ketones is 1. The summed E-state index contributed by atoms with van der Waals surface area (Å²) in [6, 6.07) is 11.8. The molecule has 0 saturated heterocycles. The molecule has 0 aliphatic carbocycles. The second kappa shape index (κ2) is 8.24. The minimum absolute atomic E-state index is 0.0293. The molecule has 0 spiro atoms. The van der Waals surface area contributed by atoms with Gasteiger partial charge in [0.15, 0.2) is 10.8 Å². The van der Waals surface area contributed by atoms with Crippen LogP contribution in [-0.4, -0.2) is 16.7 Å². The van der Waals surface area contributed by atoms with Crippen LogP contribution in [0.4, 0.5) is 5.69 Å². The largest absolute Gasteiger partial charge is 0.368 e. The SMILES string of the molecule is CC(=O)c1ccc(NC(=O)C(=S)NCc2cccc(Cl)c2Cl)cc1. The molecule has 0 unspecified atom stereocenters. The summed E-state index contributed by atoms with van der Waals surface area (Å²) in [6.07, 6.45) is 0. The minimum Gasteiger partial charge on any atom is -0.368 e. The molecule has 0 bridgehead atoms. The molecule has 0 atom stereocenters. The van der Waals surface area contributed by atoms with Gasteiger partial charge in [0.25, 0.3) is 5.91 Å². The normalized spacial score (nSPS) is 10.1. The molecule has 4 nitrogen and oxygen atoms in total. The van der Waals surface area contributed by atoms with E-state index in [1.165, 1.54) is 6.92 Å². The van der Waals surface area contributed by atoms with Gasteiger partial charge in [0.05, 0.1) is 10.0 Å². The standard InChI is InChI=1S/C17H14Cl2N2O2S/c1-10(22)11-5-7-13(8-6-11)21-16(23)17(24)20-9-12-3-2-4-14(18)15(12)19/h2-8H,9H2,1H3,(H,20,24)(H,21,23). The molecule has 0 aromatic heterocycles. The van der Waals surface area contributed by atoms with Crippen molar-refractivity contribution in [1.82, 2.24) is 5.32 Å². The lowest BCUT2D eigenvalue weighted by Gasteiger charge is -2.10. The first-order chi connectivity index (χ1) is 11.4. The predicted octanol–water partition coefficient (Wildman–Crippen LogP) is 4.25. The molecule has 0 saturated carbocycles. The first kappa shape index (κ1) is 18.4. The first-order valence-corrected chi connectivity index (χ1v) is 8.18. The molecule has 124 valence electrons. The van der Waals surface area contributed by atoms with Gasteiger partial charge in [0, 0.05) is 17.8 Å². The van der Waals surface area contributed by atoms with Crippen LogP contribution in [0.1, 0.15) is 22.8 Å². The molecule has 0 fully saturated rings. The summed E-state index contributed by atoms with van der Waals surface area (Å²) in [5, 5.41) is 6.36. The topological polar surface area (TPSA) is 58.2 Å². The van der Waals surface area contributed by atoms with Crippen LogP contribution >= 0.6 is 35.4 Å². The Hall–Kier alpha value is -1.95. The molecule has 0 radical (unpaired) electrons. The van der Waals surface area contributed by atoms with Crippen LogP contribution in [0.2, 0.25) is 10.0 Å². The van der Waals surface area contributed by atoms with Crippen molar-refractivity contribution >= 4 is 57.8 Å². The molecule has 7 heteroatoms. The number of halogens is 2. The van der Waals surface area contributed by atoms with Crippen molar-refractivity contribution in [2.24, 2.45) is 0 Å². The molecular formula is C17H14Cl2N2O2S. The fourth-order valence-corrected chi connectivity index (χ4v) is 2.43. The highest BCUT2D eigenvalue weighted by atomic mass is 35.5. The predicted molar refractivity (Wildman–Crippen MR) is 101 cm³/mol. The Balaban J connectivity index is 1.93. The van der Waals surface area contributed by atoms with Crippen molar-refractivity contribution in [3.63, 3.8) is 0 Å². The fraction of sp³-hybridized carbons (Fsp3) is 0.118. The molecule has 0 aliphatic heterocycles. The van der Waals surface area contributed by atoms with Crippen molar-refractivity contribution in [2.75, 3.05) is 5.32 Å². The van der Waals surface area contributed by atoms with Crippen LogP contribution in [0, 0.1) is 0 Å². The number of hydrogen-bond donors (Lipinski definition) is 2. The van der Waals surface area contributed by atoms with E-state index >= 15 is 0 Å². The third-order valence-corrected chi connectivity index (χ3v) is 4.41. The van der Waals surface area contributed by atoms with Crippen molar-refractivity contribution in [2.45, 2.75) is 13.5 Å². The van der Waals surface area contributed by atoms with E-state index in [0.29, 0.717) is 21.3 Å². The van der Waals surface area contributed by atoms with E-state index in [9.17, 15) is 9.59 Å². The molecule has 2 aromatic carbocycles. The Morgan fingerprint density at radius 1 is 1.08 bits per heavy atom. The zero-order valence-electron chi connectivity index (χ0n) is 12.7. The molecule has 1 amide bonds. The Morgan fingerprint density at radius 3 is 2.38 bits per heavy atom. The zero-order chi connectivity index (χ0) is 17.7. The summed E-state index contributed by atoms with van der Waals surface area (Å²) >= 11 is 17.1. The average molecular weight is 381 g/mol. The molecule has 2 rings (SSSR count). The molecule has 0 heterocycles. The number of hydrogen-bond acceptors (Lipinski definition) is 3. The number of carbonyl (C=O) groups excluding carboxylic acids is 2. The monoisotopic (exact) mass is 380 g/mol. The van der Waals surface area contributed by atoms with Gasteiger partial charge in [-0.1, -0.05) is 47.6 Å². The Kier molecular flexibility index (Phi) is 6.31. The molecule has 2 N–H and O–H groups in total. The Labute approximate surface area is 155 Å². The number of rotatable bonds is 4. The number of amides is 1. The molecule has 2 aromatic rings. The highest BCUT2D eigenvalue weighted by molar-refractivity contribution is 7.82. The van der Waals surface area contributed by atoms with E-state index in [4.69, 9.17) is 35.4 Å². The van der Waals surface area contributed by atoms with Gasteiger partial charge < -0.3 is 10.6 Å². The van der Waals surface area contributed by atoms with Crippen molar-refractivity contribution in [3.05, 3.63) is 63.6 Å². The van der Waals surface area contributed by atoms with Crippen LogP contribution in [-0.2, 0) is 11.3 Å². The second-order valence-electron chi connectivity index (χ2n) is 4.98. The van der Waals surface area contributed by atoms with Crippen molar-refractivity contribution in [1.29, 1.82) is 0 Å². The van der Waals surface area contributed by atoms with Gasteiger partial charge in [0.2, 0.25) is 0 Å². The van der Waals surface area contributed by atoms with Gasteiger partial charge in [-0.25, -0.2) is 0 Å². The average Bonchev–Trinajstić information content (AvgIpc) is 2.56.